The van der Waals surface area contributed by atoms with Crippen LogP contribution in [-0.2, 0) is 26.2 Å². The van der Waals surface area contributed by atoms with E-state index in [1.165, 1.54) is 31.2 Å². The zero-order valence-corrected chi connectivity index (χ0v) is 13.9. The van der Waals surface area contributed by atoms with Gasteiger partial charge in [-0.25, -0.2) is 8.42 Å². The Morgan fingerprint density at radius 1 is 1.00 bits per heavy atom. The molecule has 24 heavy (non-hydrogen) atoms. The second kappa shape index (κ2) is 7.85. The van der Waals surface area contributed by atoms with Crippen molar-refractivity contribution in [3.05, 3.63) is 65.7 Å². The van der Waals surface area contributed by atoms with Crippen LogP contribution in [0.4, 0.5) is 0 Å². The number of benzene rings is 2. The second-order valence-corrected chi connectivity index (χ2v) is 6.82. The molecule has 1 N–H and O–H groups in total. The number of carbonyl (C=O) groups excluding carboxylic acids is 2. The van der Waals surface area contributed by atoms with Gasteiger partial charge in [-0.05, 0) is 24.6 Å². The number of rotatable bonds is 7. The molecule has 2 rings (SSSR count). The van der Waals surface area contributed by atoms with Gasteiger partial charge in [0.2, 0.25) is 10.0 Å². The molecule has 0 saturated carbocycles. The lowest BCUT2D eigenvalue weighted by Gasteiger charge is -2.08. The highest BCUT2D eigenvalue weighted by Crippen LogP contribution is 2.11. The number of hydrogen-bond donors (Lipinski definition) is 1. The summed E-state index contributed by atoms with van der Waals surface area (Å²) in [7, 11) is -3.84. The highest BCUT2D eigenvalue weighted by molar-refractivity contribution is 7.89. The first kappa shape index (κ1) is 17.8. The van der Waals surface area contributed by atoms with Crippen molar-refractivity contribution in [1.29, 1.82) is 0 Å². The maximum atomic E-state index is 12.1. The molecule has 2 aromatic rings. The van der Waals surface area contributed by atoms with Crippen molar-refractivity contribution < 1.29 is 22.7 Å². The Hall–Kier alpha value is -2.51. The van der Waals surface area contributed by atoms with Gasteiger partial charge >= 0.3 is 5.97 Å². The SMILES string of the molecule is CC(=O)c1ccc(S(=O)(=O)NCC(=O)OCc2ccccc2)cc1. The van der Waals surface area contributed by atoms with Crippen LogP contribution in [0.25, 0.3) is 0 Å². The fourth-order valence-corrected chi connectivity index (χ4v) is 2.86. The summed E-state index contributed by atoms with van der Waals surface area (Å²) in [4.78, 5) is 22.8. The molecule has 0 amide bonds. The van der Waals surface area contributed by atoms with Crippen LogP contribution in [0.3, 0.4) is 0 Å². The number of sulfonamides is 1. The number of ketones is 1. The molecule has 0 spiro atoms. The lowest BCUT2D eigenvalue weighted by Crippen LogP contribution is -2.30. The van der Waals surface area contributed by atoms with Crippen LogP contribution in [0.15, 0.2) is 59.5 Å². The summed E-state index contributed by atoms with van der Waals surface area (Å²) in [5.74, 6) is -0.834. The van der Waals surface area contributed by atoms with E-state index in [-0.39, 0.29) is 17.3 Å². The first-order valence-corrected chi connectivity index (χ1v) is 8.67. The van der Waals surface area contributed by atoms with Gasteiger partial charge in [-0.2, -0.15) is 4.72 Å². The Balaban J connectivity index is 1.89. The Labute approximate surface area is 140 Å². The zero-order valence-electron chi connectivity index (χ0n) is 13.1. The van der Waals surface area contributed by atoms with Crippen molar-refractivity contribution in [1.82, 2.24) is 4.72 Å². The van der Waals surface area contributed by atoms with Gasteiger partial charge < -0.3 is 4.74 Å². The minimum absolute atomic E-state index is 0.0247. The first-order chi connectivity index (χ1) is 11.4. The van der Waals surface area contributed by atoms with E-state index in [2.05, 4.69) is 4.72 Å². The van der Waals surface area contributed by atoms with Gasteiger partial charge in [-0.1, -0.05) is 42.5 Å². The van der Waals surface area contributed by atoms with Crippen LogP contribution in [0, 0.1) is 0 Å². The summed E-state index contributed by atoms with van der Waals surface area (Å²) < 4.78 is 31.3. The van der Waals surface area contributed by atoms with Gasteiger partial charge in [0.05, 0.1) is 4.90 Å². The number of nitrogens with one attached hydrogen (secondary N) is 1. The molecule has 0 bridgehead atoms. The fourth-order valence-electron chi connectivity index (χ4n) is 1.90. The molecule has 0 fully saturated rings. The summed E-state index contributed by atoms with van der Waals surface area (Å²) in [6.45, 7) is 1.00. The number of esters is 1. The summed E-state index contributed by atoms with van der Waals surface area (Å²) in [5, 5.41) is 0. The number of hydrogen-bond acceptors (Lipinski definition) is 5. The quantitative estimate of drug-likeness (QED) is 0.610. The molecule has 0 aromatic heterocycles. The third-order valence-corrected chi connectivity index (χ3v) is 4.64. The third kappa shape index (κ3) is 5.00. The third-order valence-electron chi connectivity index (χ3n) is 3.22. The molecule has 0 radical (unpaired) electrons. The van der Waals surface area contributed by atoms with E-state index in [1.54, 1.807) is 12.1 Å². The van der Waals surface area contributed by atoms with Gasteiger partial charge in [0.25, 0.3) is 0 Å². The van der Waals surface area contributed by atoms with E-state index in [4.69, 9.17) is 4.74 Å². The molecule has 0 heterocycles. The highest BCUT2D eigenvalue weighted by Gasteiger charge is 2.16. The van der Waals surface area contributed by atoms with Gasteiger partial charge in [-0.15, -0.1) is 0 Å². The van der Waals surface area contributed by atoms with E-state index < -0.39 is 22.5 Å². The minimum Gasteiger partial charge on any atom is -0.460 e. The van der Waals surface area contributed by atoms with Crippen molar-refractivity contribution >= 4 is 21.8 Å². The number of ether oxygens (including phenoxy) is 1. The van der Waals surface area contributed by atoms with E-state index in [0.717, 1.165) is 5.56 Å². The Morgan fingerprint density at radius 3 is 2.21 bits per heavy atom. The molecule has 2 aromatic carbocycles. The van der Waals surface area contributed by atoms with Crippen LogP contribution in [0.5, 0.6) is 0 Å². The molecular formula is C17H17NO5S. The predicted molar refractivity (Wildman–Crippen MR) is 87.9 cm³/mol. The molecule has 0 aliphatic rings. The van der Waals surface area contributed by atoms with E-state index in [1.807, 2.05) is 18.2 Å². The van der Waals surface area contributed by atoms with Crippen LogP contribution in [0.1, 0.15) is 22.8 Å². The lowest BCUT2D eigenvalue weighted by atomic mass is 10.2. The molecule has 0 atom stereocenters. The van der Waals surface area contributed by atoms with Crippen LogP contribution < -0.4 is 4.72 Å². The van der Waals surface area contributed by atoms with Gasteiger partial charge in [0, 0.05) is 5.56 Å². The maximum absolute atomic E-state index is 12.1. The first-order valence-electron chi connectivity index (χ1n) is 7.19. The van der Waals surface area contributed by atoms with Crippen molar-refractivity contribution in [3.8, 4) is 0 Å². The van der Waals surface area contributed by atoms with Gasteiger partial charge in [0.1, 0.15) is 13.2 Å². The zero-order chi connectivity index (χ0) is 17.6. The number of Topliss-reactive ketones (excluding diaryl/α,β-unsaturated/α-hetero) is 1. The van der Waals surface area contributed by atoms with Crippen molar-refractivity contribution in [2.24, 2.45) is 0 Å². The Morgan fingerprint density at radius 2 is 1.62 bits per heavy atom. The maximum Gasteiger partial charge on any atom is 0.321 e. The standard InChI is InChI=1S/C17H17NO5S/c1-13(19)15-7-9-16(10-8-15)24(21,22)18-11-17(20)23-12-14-5-3-2-4-6-14/h2-10,18H,11-12H2,1H3. The topological polar surface area (TPSA) is 89.5 Å². The average Bonchev–Trinajstić information content (AvgIpc) is 2.59. The summed E-state index contributed by atoms with van der Waals surface area (Å²) in [6.07, 6.45) is 0. The van der Waals surface area contributed by atoms with Crippen LogP contribution in [-0.4, -0.2) is 26.7 Å². The summed E-state index contributed by atoms with van der Waals surface area (Å²) >= 11 is 0. The molecule has 0 aliphatic carbocycles. The molecule has 0 unspecified atom stereocenters. The normalized spacial score (nSPS) is 11.0. The van der Waals surface area contributed by atoms with E-state index in [9.17, 15) is 18.0 Å². The largest absolute Gasteiger partial charge is 0.460 e. The molecule has 0 saturated heterocycles. The molecule has 6 nitrogen and oxygen atoms in total. The minimum atomic E-state index is -3.84. The highest BCUT2D eigenvalue weighted by atomic mass is 32.2. The Bertz CT molecular complexity index is 814. The van der Waals surface area contributed by atoms with E-state index in [0.29, 0.717) is 5.56 Å². The smallest absolute Gasteiger partial charge is 0.321 e. The van der Waals surface area contributed by atoms with Gasteiger partial charge in [-0.3, -0.25) is 9.59 Å². The molecule has 7 heteroatoms. The van der Waals surface area contributed by atoms with Crippen molar-refractivity contribution in [2.45, 2.75) is 18.4 Å². The van der Waals surface area contributed by atoms with Crippen LogP contribution >= 0.6 is 0 Å². The van der Waals surface area contributed by atoms with Gasteiger partial charge in [0.15, 0.2) is 5.78 Å². The molecule has 0 aliphatic heterocycles. The van der Waals surface area contributed by atoms with Crippen molar-refractivity contribution in [3.63, 3.8) is 0 Å². The fraction of sp³-hybridized carbons (Fsp3) is 0.176. The predicted octanol–water partition coefficient (Wildman–Crippen LogP) is 1.91. The average molecular weight is 347 g/mol. The molecule has 126 valence electrons. The lowest BCUT2D eigenvalue weighted by molar-refractivity contribution is -0.143. The van der Waals surface area contributed by atoms with Crippen LogP contribution in [0.2, 0.25) is 0 Å². The summed E-state index contributed by atoms with van der Waals surface area (Å²) in [5.41, 5.74) is 1.23. The monoisotopic (exact) mass is 347 g/mol. The summed E-state index contributed by atoms with van der Waals surface area (Å²) in [6, 6.07) is 14.5. The second-order valence-electron chi connectivity index (χ2n) is 5.05. The Kier molecular flexibility index (Phi) is 5.83. The van der Waals surface area contributed by atoms with Crippen molar-refractivity contribution in [2.75, 3.05) is 6.54 Å². The molecular weight excluding hydrogens is 330 g/mol. The number of carbonyl (C=O) groups is 2. The van der Waals surface area contributed by atoms with E-state index >= 15 is 0 Å².